The van der Waals surface area contributed by atoms with E-state index >= 15 is 0 Å². The van der Waals surface area contributed by atoms with Crippen molar-refractivity contribution in [3.8, 4) is 17.6 Å². The fraction of sp³-hybridized carbons (Fsp3) is 0.435. The molecule has 1 heterocycles. The summed E-state index contributed by atoms with van der Waals surface area (Å²) in [6.45, 7) is 0. The lowest BCUT2D eigenvalue weighted by Gasteiger charge is -2.37. The second kappa shape index (κ2) is 5.77. The summed E-state index contributed by atoms with van der Waals surface area (Å²) >= 11 is 0. The molecule has 0 N–H and O–H groups in total. The molecule has 3 nitrogen and oxygen atoms in total. The maximum absolute atomic E-state index is 12.2. The molecule has 132 valence electrons. The van der Waals surface area contributed by atoms with Gasteiger partial charge in [0.15, 0.2) is 0 Å². The van der Waals surface area contributed by atoms with E-state index in [9.17, 15) is 4.79 Å². The maximum Gasteiger partial charge on any atom is 0.332 e. The second-order valence-electron chi connectivity index (χ2n) is 7.85. The Hall–Kier alpha value is -2.47. The molecule has 1 aromatic carbocycles. The number of benzene rings is 1. The summed E-state index contributed by atoms with van der Waals surface area (Å²) in [5, 5.41) is 0. The normalized spacial score (nSPS) is 33.9. The fourth-order valence-corrected chi connectivity index (χ4v) is 5.55. The van der Waals surface area contributed by atoms with Gasteiger partial charge in [0, 0.05) is 28.7 Å². The van der Waals surface area contributed by atoms with Crippen molar-refractivity contribution in [2.75, 3.05) is 7.11 Å². The van der Waals surface area contributed by atoms with Gasteiger partial charge in [-0.15, -0.1) is 0 Å². The van der Waals surface area contributed by atoms with Gasteiger partial charge in [-0.3, -0.25) is 0 Å². The molecule has 2 saturated carbocycles. The van der Waals surface area contributed by atoms with Crippen molar-refractivity contribution in [1.82, 2.24) is 0 Å². The highest BCUT2D eigenvalue weighted by atomic mass is 16.6. The van der Waals surface area contributed by atoms with Crippen molar-refractivity contribution in [2.45, 2.75) is 37.7 Å². The van der Waals surface area contributed by atoms with Crippen LogP contribution in [0.15, 0.2) is 47.6 Å². The number of hydrogen-bond acceptors (Lipinski definition) is 3. The van der Waals surface area contributed by atoms with Crippen LogP contribution in [-0.4, -0.2) is 18.7 Å². The Kier molecular flexibility index (Phi) is 3.50. The van der Waals surface area contributed by atoms with Crippen molar-refractivity contribution < 1.29 is 14.3 Å². The predicted molar refractivity (Wildman–Crippen MR) is 98.4 cm³/mol. The number of allylic oxidation sites excluding steroid dienone is 1. The zero-order chi connectivity index (χ0) is 17.7. The minimum atomic E-state index is -0.397. The third kappa shape index (κ3) is 2.25. The number of fused-ring (bicyclic) bond motifs is 3. The summed E-state index contributed by atoms with van der Waals surface area (Å²) in [6, 6.07) is 7.76. The van der Waals surface area contributed by atoms with Crippen LogP contribution in [0.5, 0.6) is 5.75 Å². The van der Waals surface area contributed by atoms with Gasteiger partial charge in [0.25, 0.3) is 0 Å². The Morgan fingerprint density at radius 3 is 2.77 bits per heavy atom. The molecule has 0 aromatic heterocycles. The van der Waals surface area contributed by atoms with Crippen molar-refractivity contribution >= 4 is 5.97 Å². The molecule has 1 spiro atoms. The third-order valence-corrected chi connectivity index (χ3v) is 6.61. The van der Waals surface area contributed by atoms with Crippen LogP contribution in [0.2, 0.25) is 0 Å². The molecule has 1 aliphatic heterocycles. The molecular weight excluding hydrogens is 324 g/mol. The molecule has 2 fully saturated rings. The van der Waals surface area contributed by atoms with Crippen LogP contribution < -0.4 is 4.74 Å². The number of rotatable bonds is 1. The largest absolute Gasteiger partial charge is 0.497 e. The first-order valence-electron chi connectivity index (χ1n) is 9.53. The molecule has 3 heteroatoms. The first-order valence-corrected chi connectivity index (χ1v) is 9.53. The highest BCUT2D eigenvalue weighted by Gasteiger charge is 2.62. The maximum atomic E-state index is 12.2. The van der Waals surface area contributed by atoms with Gasteiger partial charge in [0.05, 0.1) is 7.11 Å². The lowest BCUT2D eigenvalue weighted by Crippen LogP contribution is -2.40. The van der Waals surface area contributed by atoms with Gasteiger partial charge in [0.2, 0.25) is 0 Å². The monoisotopic (exact) mass is 346 g/mol. The Labute approximate surface area is 154 Å². The minimum Gasteiger partial charge on any atom is -0.497 e. The number of carbonyl (C=O) groups excluding carboxylic acids is 1. The summed E-state index contributed by atoms with van der Waals surface area (Å²) in [5.74, 6) is 8.83. The lowest BCUT2D eigenvalue weighted by molar-refractivity contribution is -0.150. The Bertz CT molecular complexity index is 880. The van der Waals surface area contributed by atoms with Crippen LogP contribution in [0.1, 0.15) is 37.7 Å². The van der Waals surface area contributed by atoms with Crippen LogP contribution >= 0.6 is 0 Å². The van der Waals surface area contributed by atoms with Crippen molar-refractivity contribution in [1.29, 1.82) is 0 Å². The van der Waals surface area contributed by atoms with E-state index in [1.54, 1.807) is 13.2 Å². The molecule has 5 rings (SSSR count). The fourth-order valence-electron chi connectivity index (χ4n) is 5.55. The summed E-state index contributed by atoms with van der Waals surface area (Å²) in [6.07, 6.45) is 9.92. The van der Waals surface area contributed by atoms with Crippen molar-refractivity contribution in [3.05, 3.63) is 53.1 Å². The number of hydrogen-bond donors (Lipinski definition) is 0. The molecule has 4 atom stereocenters. The van der Waals surface area contributed by atoms with E-state index in [1.807, 2.05) is 24.3 Å². The molecule has 1 aromatic rings. The topological polar surface area (TPSA) is 35.5 Å². The van der Waals surface area contributed by atoms with Gasteiger partial charge in [0.1, 0.15) is 11.4 Å². The van der Waals surface area contributed by atoms with E-state index in [0.717, 1.165) is 28.9 Å². The van der Waals surface area contributed by atoms with Crippen LogP contribution in [0.25, 0.3) is 0 Å². The number of ether oxygens (including phenoxy) is 2. The van der Waals surface area contributed by atoms with Gasteiger partial charge >= 0.3 is 5.97 Å². The molecule has 0 radical (unpaired) electrons. The van der Waals surface area contributed by atoms with E-state index in [-0.39, 0.29) is 5.97 Å². The smallest absolute Gasteiger partial charge is 0.332 e. The van der Waals surface area contributed by atoms with Crippen LogP contribution in [0.4, 0.5) is 0 Å². The van der Waals surface area contributed by atoms with Gasteiger partial charge in [-0.05, 0) is 55.4 Å². The summed E-state index contributed by atoms with van der Waals surface area (Å²) in [5.41, 5.74) is 2.58. The predicted octanol–water partition coefficient (Wildman–Crippen LogP) is 4.04. The first-order chi connectivity index (χ1) is 12.7. The van der Waals surface area contributed by atoms with Crippen LogP contribution in [0, 0.1) is 29.6 Å². The minimum absolute atomic E-state index is 0.191. The van der Waals surface area contributed by atoms with Crippen LogP contribution in [0.3, 0.4) is 0 Å². The average molecular weight is 346 g/mol. The molecule has 26 heavy (non-hydrogen) atoms. The Morgan fingerprint density at radius 1 is 1.15 bits per heavy atom. The van der Waals surface area contributed by atoms with E-state index in [0.29, 0.717) is 17.8 Å². The highest BCUT2D eigenvalue weighted by molar-refractivity contribution is 5.89. The quantitative estimate of drug-likeness (QED) is 0.569. The molecule has 4 aliphatic rings. The van der Waals surface area contributed by atoms with E-state index in [4.69, 9.17) is 9.47 Å². The molecule has 0 amide bonds. The molecule has 0 saturated heterocycles. The number of esters is 1. The molecule has 3 aliphatic carbocycles. The van der Waals surface area contributed by atoms with Crippen molar-refractivity contribution in [2.24, 2.45) is 17.8 Å². The standard InChI is InChI=1S/C23H22O3/c1-25-18-10-7-15(8-11-18)6-9-16-12-17-14-23(21(16)13-22(24)26-23)20-5-3-2-4-19(17)20/h7-8,10-13,17,19-20H,2-5,14H2,1H3/t17-,19?,20?,23-/m1/s1. The summed E-state index contributed by atoms with van der Waals surface area (Å²) in [7, 11) is 1.66. The molecule has 2 unspecified atom stereocenters. The summed E-state index contributed by atoms with van der Waals surface area (Å²) < 4.78 is 11.2. The highest BCUT2D eigenvalue weighted by Crippen LogP contribution is 2.61. The van der Waals surface area contributed by atoms with Gasteiger partial charge in [-0.1, -0.05) is 30.8 Å². The van der Waals surface area contributed by atoms with E-state index < -0.39 is 5.60 Å². The Balaban J connectivity index is 1.52. The van der Waals surface area contributed by atoms with Gasteiger partial charge in [-0.2, -0.15) is 0 Å². The van der Waals surface area contributed by atoms with Crippen molar-refractivity contribution in [3.63, 3.8) is 0 Å². The van der Waals surface area contributed by atoms with Crippen LogP contribution in [-0.2, 0) is 9.53 Å². The Morgan fingerprint density at radius 2 is 1.96 bits per heavy atom. The SMILES string of the molecule is COc1ccc(C#CC2=C[C@@H]3C[C@@]4(OC(=O)C=C24)C2CCCCC23)cc1. The lowest BCUT2D eigenvalue weighted by atomic mass is 9.73. The second-order valence-corrected chi connectivity index (χ2v) is 7.85. The zero-order valence-corrected chi connectivity index (χ0v) is 15.0. The molecule has 2 bridgehead atoms. The number of methoxy groups -OCH3 is 1. The summed E-state index contributed by atoms with van der Waals surface area (Å²) in [4.78, 5) is 12.2. The number of carbonyl (C=O) groups is 1. The third-order valence-electron chi connectivity index (χ3n) is 6.61. The first kappa shape index (κ1) is 15.8. The molecular formula is C23H22O3. The zero-order valence-electron chi connectivity index (χ0n) is 15.0. The van der Waals surface area contributed by atoms with E-state index in [2.05, 4.69) is 17.9 Å². The van der Waals surface area contributed by atoms with E-state index in [1.165, 1.54) is 25.7 Å². The van der Waals surface area contributed by atoms with Gasteiger partial charge in [-0.25, -0.2) is 4.79 Å². The van der Waals surface area contributed by atoms with Gasteiger partial charge < -0.3 is 9.47 Å². The average Bonchev–Trinajstić information content (AvgIpc) is 3.15.